The molecule has 106 valence electrons. The Bertz CT molecular complexity index is 791. The van der Waals surface area contributed by atoms with E-state index in [2.05, 4.69) is 9.97 Å². The molecule has 0 fully saturated rings. The molecule has 5 heteroatoms. The minimum Gasteiger partial charge on any atom is -0.497 e. The summed E-state index contributed by atoms with van der Waals surface area (Å²) in [5.74, 6) is 1.18. The largest absolute Gasteiger partial charge is 0.497 e. The van der Waals surface area contributed by atoms with Gasteiger partial charge in [-0.15, -0.1) is 0 Å². The molecule has 0 aliphatic rings. The lowest BCUT2D eigenvalue weighted by molar-refractivity contribution is 0.0601. The van der Waals surface area contributed by atoms with Gasteiger partial charge in [0, 0.05) is 5.56 Å². The number of nitrogens with one attached hydrogen (secondary N) is 1. The molecule has 3 rings (SSSR count). The van der Waals surface area contributed by atoms with Gasteiger partial charge < -0.3 is 14.5 Å². The van der Waals surface area contributed by atoms with Crippen molar-refractivity contribution in [2.24, 2.45) is 0 Å². The zero-order valence-electron chi connectivity index (χ0n) is 11.7. The number of imidazole rings is 1. The molecule has 0 amide bonds. The predicted molar refractivity (Wildman–Crippen MR) is 79.4 cm³/mol. The number of aromatic nitrogens is 2. The first-order chi connectivity index (χ1) is 10.2. The molecule has 5 nitrogen and oxygen atoms in total. The first-order valence-corrected chi connectivity index (χ1v) is 6.44. The Kier molecular flexibility index (Phi) is 3.31. The molecule has 21 heavy (non-hydrogen) atoms. The molecule has 0 unspecified atom stereocenters. The maximum atomic E-state index is 11.5. The van der Waals surface area contributed by atoms with Gasteiger partial charge in [0.15, 0.2) is 0 Å². The number of benzene rings is 2. The van der Waals surface area contributed by atoms with Crippen molar-refractivity contribution in [3.63, 3.8) is 0 Å². The summed E-state index contributed by atoms with van der Waals surface area (Å²) in [5.41, 5.74) is 3.04. The number of esters is 1. The van der Waals surface area contributed by atoms with Crippen molar-refractivity contribution in [3.05, 3.63) is 48.0 Å². The van der Waals surface area contributed by atoms with Crippen LogP contribution in [0.1, 0.15) is 10.4 Å². The van der Waals surface area contributed by atoms with E-state index in [1.165, 1.54) is 7.11 Å². The first kappa shape index (κ1) is 13.2. The van der Waals surface area contributed by atoms with Crippen molar-refractivity contribution in [1.29, 1.82) is 0 Å². The van der Waals surface area contributed by atoms with E-state index in [1.807, 2.05) is 24.3 Å². The van der Waals surface area contributed by atoms with Crippen molar-refractivity contribution in [1.82, 2.24) is 9.97 Å². The summed E-state index contributed by atoms with van der Waals surface area (Å²) in [6.07, 6.45) is 0. The minimum absolute atomic E-state index is 0.363. The molecular formula is C16H14N2O3. The highest BCUT2D eigenvalue weighted by Crippen LogP contribution is 2.23. The SMILES string of the molecule is COC(=O)c1ccc2nc(-c3ccc(OC)cc3)[nH]c2c1. The van der Waals surface area contributed by atoms with Gasteiger partial charge in [0.1, 0.15) is 11.6 Å². The number of carbonyl (C=O) groups is 1. The van der Waals surface area contributed by atoms with Gasteiger partial charge in [-0.3, -0.25) is 0 Å². The van der Waals surface area contributed by atoms with Gasteiger partial charge in [-0.05, 0) is 42.5 Å². The van der Waals surface area contributed by atoms with Crippen molar-refractivity contribution < 1.29 is 14.3 Å². The Morgan fingerprint density at radius 1 is 1.10 bits per heavy atom. The van der Waals surface area contributed by atoms with E-state index < -0.39 is 0 Å². The summed E-state index contributed by atoms with van der Waals surface area (Å²) in [6, 6.07) is 12.8. The van der Waals surface area contributed by atoms with Crippen LogP contribution in [0.3, 0.4) is 0 Å². The molecule has 1 N–H and O–H groups in total. The zero-order chi connectivity index (χ0) is 14.8. The molecule has 0 saturated carbocycles. The smallest absolute Gasteiger partial charge is 0.337 e. The van der Waals surface area contributed by atoms with Crippen molar-refractivity contribution in [2.75, 3.05) is 14.2 Å². The van der Waals surface area contributed by atoms with Crippen LogP contribution in [0.15, 0.2) is 42.5 Å². The van der Waals surface area contributed by atoms with E-state index in [4.69, 9.17) is 9.47 Å². The molecular weight excluding hydrogens is 268 g/mol. The molecule has 0 atom stereocenters. The third-order valence-electron chi connectivity index (χ3n) is 3.27. The average molecular weight is 282 g/mol. The summed E-state index contributed by atoms with van der Waals surface area (Å²) in [7, 11) is 2.99. The normalized spacial score (nSPS) is 10.6. The Hall–Kier alpha value is -2.82. The van der Waals surface area contributed by atoms with Gasteiger partial charge in [0.25, 0.3) is 0 Å². The monoisotopic (exact) mass is 282 g/mol. The van der Waals surface area contributed by atoms with Gasteiger partial charge in [-0.2, -0.15) is 0 Å². The van der Waals surface area contributed by atoms with E-state index in [9.17, 15) is 4.79 Å². The van der Waals surface area contributed by atoms with E-state index in [1.54, 1.807) is 25.3 Å². The number of fused-ring (bicyclic) bond motifs is 1. The van der Waals surface area contributed by atoms with Gasteiger partial charge in [0.2, 0.25) is 0 Å². The highest BCUT2D eigenvalue weighted by Gasteiger charge is 2.10. The van der Waals surface area contributed by atoms with Crippen LogP contribution < -0.4 is 4.74 Å². The van der Waals surface area contributed by atoms with Crippen molar-refractivity contribution >= 4 is 17.0 Å². The highest BCUT2D eigenvalue weighted by molar-refractivity contribution is 5.94. The van der Waals surface area contributed by atoms with Crippen LogP contribution in [0.5, 0.6) is 5.75 Å². The Labute approximate surface area is 121 Å². The van der Waals surface area contributed by atoms with E-state index in [-0.39, 0.29) is 5.97 Å². The Balaban J connectivity index is 2.01. The molecule has 0 spiro atoms. The average Bonchev–Trinajstić information content (AvgIpc) is 2.97. The molecule has 1 heterocycles. The first-order valence-electron chi connectivity index (χ1n) is 6.44. The topological polar surface area (TPSA) is 64.2 Å². The van der Waals surface area contributed by atoms with Crippen molar-refractivity contribution in [2.45, 2.75) is 0 Å². The molecule has 0 bridgehead atoms. The van der Waals surface area contributed by atoms with Gasteiger partial charge in [-0.1, -0.05) is 0 Å². The number of carbonyl (C=O) groups excluding carboxylic acids is 1. The Morgan fingerprint density at radius 3 is 2.52 bits per heavy atom. The van der Waals surface area contributed by atoms with Gasteiger partial charge in [-0.25, -0.2) is 9.78 Å². The number of hydrogen-bond acceptors (Lipinski definition) is 4. The third-order valence-corrected chi connectivity index (χ3v) is 3.27. The molecule has 0 saturated heterocycles. The molecule has 0 radical (unpaired) electrons. The Morgan fingerprint density at radius 2 is 1.86 bits per heavy atom. The standard InChI is InChI=1S/C16H14N2O3/c1-20-12-6-3-10(4-7-12)15-17-13-8-5-11(16(19)21-2)9-14(13)18-15/h3-9H,1-2H3,(H,17,18). The van der Waals surface area contributed by atoms with E-state index in [0.29, 0.717) is 5.56 Å². The van der Waals surface area contributed by atoms with Crippen LogP contribution in [-0.4, -0.2) is 30.2 Å². The number of aromatic amines is 1. The van der Waals surface area contributed by atoms with Crippen LogP contribution in [0, 0.1) is 0 Å². The summed E-state index contributed by atoms with van der Waals surface area (Å²) < 4.78 is 9.85. The third kappa shape index (κ3) is 2.45. The maximum absolute atomic E-state index is 11.5. The summed E-state index contributed by atoms with van der Waals surface area (Å²) in [5, 5.41) is 0. The molecule has 0 aliphatic carbocycles. The highest BCUT2D eigenvalue weighted by atomic mass is 16.5. The quantitative estimate of drug-likeness (QED) is 0.750. The van der Waals surface area contributed by atoms with Gasteiger partial charge >= 0.3 is 5.97 Å². The minimum atomic E-state index is -0.363. The number of methoxy groups -OCH3 is 2. The summed E-state index contributed by atoms with van der Waals surface area (Å²) in [6.45, 7) is 0. The van der Waals surface area contributed by atoms with E-state index >= 15 is 0 Å². The fourth-order valence-electron chi connectivity index (χ4n) is 2.14. The van der Waals surface area contributed by atoms with Gasteiger partial charge in [0.05, 0.1) is 30.8 Å². The summed E-state index contributed by atoms with van der Waals surface area (Å²) >= 11 is 0. The van der Waals surface area contributed by atoms with Crippen LogP contribution in [0.4, 0.5) is 0 Å². The van der Waals surface area contributed by atoms with Crippen LogP contribution in [-0.2, 0) is 4.74 Å². The molecule has 0 aliphatic heterocycles. The van der Waals surface area contributed by atoms with Crippen LogP contribution in [0.2, 0.25) is 0 Å². The lowest BCUT2D eigenvalue weighted by Crippen LogP contribution is -2.00. The number of nitrogens with zero attached hydrogens (tertiary/aromatic N) is 1. The van der Waals surface area contributed by atoms with E-state index in [0.717, 1.165) is 28.2 Å². The summed E-state index contributed by atoms with van der Waals surface area (Å²) in [4.78, 5) is 19.3. The number of hydrogen-bond donors (Lipinski definition) is 1. The van der Waals surface area contributed by atoms with Crippen molar-refractivity contribution in [3.8, 4) is 17.1 Å². The van der Waals surface area contributed by atoms with Crippen LogP contribution >= 0.6 is 0 Å². The fraction of sp³-hybridized carbons (Fsp3) is 0.125. The predicted octanol–water partition coefficient (Wildman–Crippen LogP) is 3.03. The second-order valence-electron chi connectivity index (χ2n) is 4.54. The second kappa shape index (κ2) is 5.28. The number of rotatable bonds is 3. The lowest BCUT2D eigenvalue weighted by atomic mass is 10.2. The molecule has 3 aromatic rings. The second-order valence-corrected chi connectivity index (χ2v) is 4.54. The zero-order valence-corrected chi connectivity index (χ0v) is 11.7. The maximum Gasteiger partial charge on any atom is 0.337 e. The number of ether oxygens (including phenoxy) is 2. The van der Waals surface area contributed by atoms with Crippen LogP contribution in [0.25, 0.3) is 22.4 Å². The number of H-pyrrole nitrogens is 1. The lowest BCUT2D eigenvalue weighted by Gasteiger charge is -2.00. The molecule has 1 aromatic heterocycles. The molecule has 2 aromatic carbocycles. The fourth-order valence-corrected chi connectivity index (χ4v) is 2.14.